The van der Waals surface area contributed by atoms with Crippen LogP contribution in [0.4, 0.5) is 0 Å². The average Bonchev–Trinajstić information content (AvgIpc) is 2.58. The van der Waals surface area contributed by atoms with Crippen LogP contribution >= 0.6 is 15.9 Å². The Hall–Kier alpha value is -1.80. The van der Waals surface area contributed by atoms with E-state index in [-0.39, 0.29) is 0 Å². The number of hydrogen-bond acceptors (Lipinski definition) is 1. The van der Waals surface area contributed by atoms with Crippen LogP contribution in [0.25, 0.3) is 33.9 Å². The van der Waals surface area contributed by atoms with Gasteiger partial charge in [-0.2, -0.15) is 0 Å². The number of halogens is 1. The van der Waals surface area contributed by atoms with E-state index in [0.29, 0.717) is 0 Å². The molecule has 0 aliphatic carbocycles. The van der Waals surface area contributed by atoms with Crippen molar-refractivity contribution in [3.63, 3.8) is 0 Å². The smallest absolute Gasteiger partial charge is 0.135 e. The van der Waals surface area contributed by atoms with Crippen molar-refractivity contribution in [3.05, 3.63) is 57.9 Å². The van der Waals surface area contributed by atoms with E-state index in [4.69, 9.17) is 4.42 Å². The molecule has 0 N–H and O–H groups in total. The Kier molecular flexibility index (Phi) is 3.27. The summed E-state index contributed by atoms with van der Waals surface area (Å²) in [6.07, 6.45) is 3.91. The molecular weight excluding hydrogens is 312 g/mol. The standard InChI is InChI=1S/C18H15BrO/c1-4-12-11(3)16(5-2)20-17-10-9-15(19)14-8-6-7-13(12)18(14)17/h4-10H,2H2,1,3H3. The van der Waals surface area contributed by atoms with Gasteiger partial charge in [0.2, 0.25) is 0 Å². The fraction of sp³-hybridized carbons (Fsp3) is 0.111. The Bertz CT molecular complexity index is 901. The quantitative estimate of drug-likeness (QED) is 0.585. The normalized spacial score (nSPS) is 12.2. The predicted octanol–water partition coefficient (Wildman–Crippen LogP) is 5.38. The highest BCUT2D eigenvalue weighted by molar-refractivity contribution is 9.10. The van der Waals surface area contributed by atoms with Gasteiger partial charge >= 0.3 is 0 Å². The van der Waals surface area contributed by atoms with Crippen LogP contribution in [0.2, 0.25) is 0 Å². The van der Waals surface area contributed by atoms with Crippen molar-refractivity contribution in [1.29, 1.82) is 0 Å². The fourth-order valence-corrected chi connectivity index (χ4v) is 3.21. The highest BCUT2D eigenvalue weighted by Gasteiger charge is 2.09. The predicted molar refractivity (Wildman–Crippen MR) is 90.4 cm³/mol. The van der Waals surface area contributed by atoms with Gasteiger partial charge in [-0.25, -0.2) is 0 Å². The van der Waals surface area contributed by atoms with E-state index >= 15 is 0 Å². The molecule has 3 aromatic rings. The molecule has 0 spiro atoms. The first-order valence-electron chi connectivity index (χ1n) is 6.56. The maximum atomic E-state index is 6.08. The van der Waals surface area contributed by atoms with E-state index in [9.17, 15) is 0 Å². The molecule has 1 nitrogen and oxygen atoms in total. The van der Waals surface area contributed by atoms with Crippen molar-refractivity contribution in [2.45, 2.75) is 13.8 Å². The van der Waals surface area contributed by atoms with Gasteiger partial charge in [-0.15, -0.1) is 0 Å². The van der Waals surface area contributed by atoms with Crippen LogP contribution in [0.1, 0.15) is 18.2 Å². The SMILES string of the molecule is C=Cc1oc2ccc(Br)c3cccc(c(=CC)c1C)c23. The molecule has 0 unspecified atom stereocenters. The summed E-state index contributed by atoms with van der Waals surface area (Å²) < 4.78 is 7.16. The van der Waals surface area contributed by atoms with Crippen LogP contribution in [-0.2, 0) is 0 Å². The van der Waals surface area contributed by atoms with E-state index in [1.807, 2.05) is 12.1 Å². The molecule has 0 bridgehead atoms. The maximum absolute atomic E-state index is 6.08. The highest BCUT2D eigenvalue weighted by atomic mass is 79.9. The topological polar surface area (TPSA) is 13.1 Å². The molecule has 2 heteroatoms. The zero-order valence-corrected chi connectivity index (χ0v) is 13.1. The third-order valence-corrected chi connectivity index (χ3v) is 4.40. The molecule has 0 radical (unpaired) electrons. The Morgan fingerprint density at radius 1 is 1.15 bits per heavy atom. The van der Waals surface area contributed by atoms with Gasteiger partial charge in [0.25, 0.3) is 0 Å². The summed E-state index contributed by atoms with van der Waals surface area (Å²) in [5, 5.41) is 4.71. The molecule has 1 aromatic heterocycles. The molecule has 0 saturated carbocycles. The first-order chi connectivity index (χ1) is 9.67. The molecule has 0 atom stereocenters. The molecule has 0 aliphatic heterocycles. The van der Waals surface area contributed by atoms with E-state index in [2.05, 4.69) is 60.6 Å². The molecule has 0 saturated heterocycles. The third kappa shape index (κ3) is 1.83. The monoisotopic (exact) mass is 326 g/mol. The lowest BCUT2D eigenvalue weighted by atomic mass is 10.0. The second-order valence-corrected chi connectivity index (χ2v) is 5.63. The van der Waals surface area contributed by atoms with Crippen molar-refractivity contribution in [1.82, 2.24) is 0 Å². The zero-order valence-electron chi connectivity index (χ0n) is 11.5. The minimum Gasteiger partial charge on any atom is -0.456 e. The minimum atomic E-state index is 0.818. The Morgan fingerprint density at radius 2 is 1.90 bits per heavy atom. The van der Waals surface area contributed by atoms with Crippen molar-refractivity contribution >= 4 is 49.8 Å². The number of benzene rings is 2. The molecule has 0 amide bonds. The molecule has 20 heavy (non-hydrogen) atoms. The summed E-state index contributed by atoms with van der Waals surface area (Å²) >= 11 is 3.62. The summed E-state index contributed by atoms with van der Waals surface area (Å²) in [7, 11) is 0. The maximum Gasteiger partial charge on any atom is 0.135 e. The van der Waals surface area contributed by atoms with Crippen molar-refractivity contribution in [3.8, 4) is 0 Å². The Balaban J connectivity index is 2.79. The Morgan fingerprint density at radius 3 is 2.60 bits per heavy atom. The number of rotatable bonds is 1. The van der Waals surface area contributed by atoms with Gasteiger partial charge in [0.15, 0.2) is 0 Å². The van der Waals surface area contributed by atoms with Crippen molar-refractivity contribution in [2.24, 2.45) is 0 Å². The van der Waals surface area contributed by atoms with Crippen LogP contribution < -0.4 is 5.22 Å². The number of hydrogen-bond donors (Lipinski definition) is 0. The lowest BCUT2D eigenvalue weighted by Gasteiger charge is -2.03. The van der Waals surface area contributed by atoms with Gasteiger partial charge in [-0.3, -0.25) is 0 Å². The van der Waals surface area contributed by atoms with Crippen LogP contribution in [0, 0.1) is 6.92 Å². The van der Waals surface area contributed by atoms with Crippen LogP contribution in [-0.4, -0.2) is 0 Å². The second-order valence-electron chi connectivity index (χ2n) is 4.77. The van der Waals surface area contributed by atoms with E-state index < -0.39 is 0 Å². The summed E-state index contributed by atoms with van der Waals surface area (Å²) in [6.45, 7) is 8.00. The fourth-order valence-electron chi connectivity index (χ4n) is 2.74. The van der Waals surface area contributed by atoms with E-state index in [0.717, 1.165) is 32.2 Å². The minimum absolute atomic E-state index is 0.818. The first kappa shape index (κ1) is 13.2. The average molecular weight is 327 g/mol. The van der Waals surface area contributed by atoms with Gasteiger partial charge in [0, 0.05) is 15.2 Å². The molecular formula is C18H15BrO. The molecule has 2 aromatic carbocycles. The molecule has 100 valence electrons. The lowest BCUT2D eigenvalue weighted by molar-refractivity contribution is 0.591. The molecule has 0 aliphatic rings. The highest BCUT2D eigenvalue weighted by Crippen LogP contribution is 2.31. The van der Waals surface area contributed by atoms with Gasteiger partial charge in [0.1, 0.15) is 11.3 Å². The largest absolute Gasteiger partial charge is 0.456 e. The Labute approximate surface area is 126 Å². The summed E-state index contributed by atoms with van der Waals surface area (Å²) in [5.41, 5.74) is 1.99. The molecule has 0 fully saturated rings. The van der Waals surface area contributed by atoms with Crippen LogP contribution in [0.5, 0.6) is 0 Å². The van der Waals surface area contributed by atoms with E-state index in [1.54, 1.807) is 6.08 Å². The summed E-state index contributed by atoms with van der Waals surface area (Å²) in [5.74, 6) is 0.818. The molecule has 3 rings (SSSR count). The van der Waals surface area contributed by atoms with Crippen molar-refractivity contribution in [2.75, 3.05) is 0 Å². The van der Waals surface area contributed by atoms with Gasteiger partial charge in [-0.1, -0.05) is 46.8 Å². The first-order valence-corrected chi connectivity index (χ1v) is 7.36. The van der Waals surface area contributed by atoms with Crippen LogP contribution in [0.15, 0.2) is 45.8 Å². The summed E-state index contributed by atoms with van der Waals surface area (Å²) in [6, 6.07) is 10.4. The van der Waals surface area contributed by atoms with Gasteiger partial charge in [-0.05, 0) is 48.2 Å². The summed E-state index contributed by atoms with van der Waals surface area (Å²) in [4.78, 5) is 0. The van der Waals surface area contributed by atoms with Crippen molar-refractivity contribution < 1.29 is 4.42 Å². The second kappa shape index (κ2) is 4.95. The van der Waals surface area contributed by atoms with Crippen LogP contribution in [0.3, 0.4) is 0 Å². The zero-order chi connectivity index (χ0) is 14.3. The van der Waals surface area contributed by atoms with E-state index in [1.165, 1.54) is 10.6 Å². The van der Waals surface area contributed by atoms with Gasteiger partial charge in [0.05, 0.1) is 0 Å². The third-order valence-electron chi connectivity index (χ3n) is 3.71. The van der Waals surface area contributed by atoms with Gasteiger partial charge < -0.3 is 4.42 Å². The molecule has 1 heterocycles. The lowest BCUT2D eigenvalue weighted by Crippen LogP contribution is -2.05.